The monoisotopic (exact) mass is 543 g/mol. The summed E-state index contributed by atoms with van der Waals surface area (Å²) in [7, 11) is -1.80. The highest BCUT2D eigenvalue weighted by molar-refractivity contribution is 7.90. The van der Waals surface area contributed by atoms with E-state index in [0.29, 0.717) is 39.9 Å². The van der Waals surface area contributed by atoms with E-state index < -0.39 is 10.0 Å². The van der Waals surface area contributed by atoms with Crippen LogP contribution in [0, 0.1) is 6.92 Å². The van der Waals surface area contributed by atoms with E-state index in [1.165, 1.54) is 16.2 Å². The third kappa shape index (κ3) is 4.52. The summed E-state index contributed by atoms with van der Waals surface area (Å²) in [6, 6.07) is 17.0. The summed E-state index contributed by atoms with van der Waals surface area (Å²) in [6.45, 7) is 5.93. The van der Waals surface area contributed by atoms with Gasteiger partial charge in [-0.05, 0) is 50.4 Å². The van der Waals surface area contributed by atoms with Crippen molar-refractivity contribution in [1.82, 2.24) is 13.8 Å². The van der Waals surface area contributed by atoms with Crippen LogP contribution < -0.4 is 4.74 Å². The minimum absolute atomic E-state index is 0.0857. The zero-order chi connectivity index (χ0) is 27.3. The predicted molar refractivity (Wildman–Crippen MR) is 150 cm³/mol. The van der Waals surface area contributed by atoms with Crippen LogP contribution in [0.2, 0.25) is 0 Å². The molecule has 2 aliphatic heterocycles. The topological polar surface area (TPSA) is 92.1 Å². The number of ether oxygens (including phenoxy) is 1. The molecule has 0 amide bonds. The number of piperazine rings is 1. The van der Waals surface area contributed by atoms with Crippen molar-refractivity contribution in [2.75, 3.05) is 33.2 Å². The van der Waals surface area contributed by atoms with Gasteiger partial charge < -0.3 is 14.7 Å². The van der Waals surface area contributed by atoms with Gasteiger partial charge >= 0.3 is 0 Å². The van der Waals surface area contributed by atoms with Crippen LogP contribution in [0.15, 0.2) is 77.5 Å². The fourth-order valence-electron chi connectivity index (χ4n) is 5.13. The van der Waals surface area contributed by atoms with Crippen LogP contribution in [0.4, 0.5) is 0 Å². The van der Waals surface area contributed by atoms with E-state index in [0.717, 1.165) is 31.7 Å². The predicted octanol–water partition coefficient (Wildman–Crippen LogP) is 4.26. The van der Waals surface area contributed by atoms with Gasteiger partial charge in [-0.3, -0.25) is 9.69 Å². The number of carbonyl (C=O) groups is 1. The zero-order valence-electron chi connectivity index (χ0n) is 21.8. The van der Waals surface area contributed by atoms with Gasteiger partial charge in [-0.25, -0.2) is 12.4 Å². The Hall–Kier alpha value is -3.92. The van der Waals surface area contributed by atoms with Gasteiger partial charge in [0.05, 0.1) is 21.5 Å². The molecular weight excluding hydrogens is 514 g/mol. The summed E-state index contributed by atoms with van der Waals surface area (Å²) < 4.78 is 34.4. The number of para-hydroxylation sites is 1. The smallest absolute Gasteiger partial charge is 0.268 e. The molecule has 0 spiro atoms. The number of phenols is 1. The van der Waals surface area contributed by atoms with E-state index in [2.05, 4.69) is 16.8 Å². The average Bonchev–Trinajstić information content (AvgIpc) is 3.45. The number of allylic oxidation sites excluding steroid dienone is 1. The van der Waals surface area contributed by atoms with Crippen molar-refractivity contribution in [2.24, 2.45) is 0 Å². The summed E-state index contributed by atoms with van der Waals surface area (Å²) in [5.41, 5.74) is 2.98. The Balaban J connectivity index is 1.38. The Morgan fingerprint density at radius 1 is 0.974 bits per heavy atom. The second-order valence-electron chi connectivity index (χ2n) is 10.2. The largest absolute Gasteiger partial charge is 0.507 e. The third-order valence-corrected chi connectivity index (χ3v) is 9.15. The second kappa shape index (κ2) is 9.68. The van der Waals surface area contributed by atoms with Gasteiger partial charge in [-0.1, -0.05) is 35.9 Å². The number of ketones is 1. The van der Waals surface area contributed by atoms with E-state index in [1.54, 1.807) is 48.5 Å². The van der Waals surface area contributed by atoms with Gasteiger partial charge in [0.25, 0.3) is 10.0 Å². The molecule has 1 saturated heterocycles. The van der Waals surface area contributed by atoms with E-state index in [4.69, 9.17) is 4.74 Å². The summed E-state index contributed by atoms with van der Waals surface area (Å²) in [5.74, 6) is 0.234. The van der Waals surface area contributed by atoms with Crippen molar-refractivity contribution in [2.45, 2.75) is 18.4 Å². The normalized spacial score (nSPS) is 17.6. The van der Waals surface area contributed by atoms with Crippen LogP contribution in [0.3, 0.4) is 0 Å². The highest BCUT2D eigenvalue weighted by Gasteiger charge is 2.32. The van der Waals surface area contributed by atoms with Crippen LogP contribution in [0.1, 0.15) is 27.0 Å². The summed E-state index contributed by atoms with van der Waals surface area (Å²) in [6.07, 6.45) is 3.11. The minimum atomic E-state index is -3.88. The number of benzene rings is 3. The molecule has 1 aromatic heterocycles. The molecule has 0 aliphatic carbocycles. The quantitative estimate of drug-likeness (QED) is 0.376. The number of nitrogens with zero attached hydrogens (tertiary/aromatic N) is 3. The standard InChI is InChI=1S/C30H29N3O5S/c1-20-7-9-22(10-8-20)39(36,37)33-18-21(23-5-3-4-6-26(23)33)17-28-29(35)24-11-12-27(34)25(30(24)38-28)19-32-15-13-31(2)14-16-32/h3-12,17-18,34H,13-16,19H2,1-2H3. The number of fused-ring (bicyclic) bond motifs is 2. The fraction of sp³-hybridized carbons (Fsp3) is 0.233. The molecule has 1 N–H and O–H groups in total. The molecule has 2 aliphatic rings. The fourth-order valence-corrected chi connectivity index (χ4v) is 6.51. The molecule has 200 valence electrons. The molecule has 0 saturated carbocycles. The second-order valence-corrected chi connectivity index (χ2v) is 12.0. The van der Waals surface area contributed by atoms with Crippen molar-refractivity contribution in [3.63, 3.8) is 0 Å². The van der Waals surface area contributed by atoms with Crippen LogP contribution in [-0.4, -0.2) is 66.3 Å². The van der Waals surface area contributed by atoms with Gasteiger partial charge in [0, 0.05) is 49.9 Å². The maximum Gasteiger partial charge on any atom is 0.268 e. The Morgan fingerprint density at radius 2 is 1.69 bits per heavy atom. The first-order valence-corrected chi connectivity index (χ1v) is 14.3. The first kappa shape index (κ1) is 25.4. The van der Waals surface area contributed by atoms with Crippen molar-refractivity contribution < 1.29 is 23.1 Å². The first-order valence-electron chi connectivity index (χ1n) is 12.8. The number of likely N-dealkylation sites (N-methyl/N-ethyl adjacent to an activating group) is 1. The van der Waals surface area contributed by atoms with Crippen LogP contribution in [0.5, 0.6) is 11.5 Å². The van der Waals surface area contributed by atoms with Gasteiger partial charge in [0.1, 0.15) is 11.5 Å². The summed E-state index contributed by atoms with van der Waals surface area (Å²) >= 11 is 0. The number of phenolic OH excluding ortho intramolecular Hbond substituents is 1. The SMILES string of the molecule is Cc1ccc(S(=O)(=O)n2cc(C=C3Oc4c(ccc(O)c4CN4CCN(C)CC4)C3=O)c3ccccc32)cc1. The molecule has 0 unspecified atom stereocenters. The summed E-state index contributed by atoms with van der Waals surface area (Å²) in [5, 5.41) is 11.3. The lowest BCUT2D eigenvalue weighted by atomic mass is 10.0. The highest BCUT2D eigenvalue weighted by Crippen LogP contribution is 2.41. The molecule has 6 rings (SSSR count). The Morgan fingerprint density at radius 3 is 2.44 bits per heavy atom. The molecule has 0 atom stereocenters. The van der Waals surface area contributed by atoms with E-state index in [1.807, 2.05) is 19.1 Å². The Kier molecular flexibility index (Phi) is 6.29. The summed E-state index contributed by atoms with van der Waals surface area (Å²) in [4.78, 5) is 18.0. The van der Waals surface area contributed by atoms with Crippen LogP contribution >= 0.6 is 0 Å². The molecule has 4 aromatic rings. The van der Waals surface area contributed by atoms with Crippen LogP contribution in [0.25, 0.3) is 17.0 Å². The zero-order valence-corrected chi connectivity index (χ0v) is 22.6. The maximum atomic E-state index is 13.6. The lowest BCUT2D eigenvalue weighted by Gasteiger charge is -2.32. The van der Waals surface area contributed by atoms with Gasteiger partial charge in [0.2, 0.25) is 5.78 Å². The van der Waals surface area contributed by atoms with Crippen molar-refractivity contribution in [1.29, 1.82) is 0 Å². The van der Waals surface area contributed by atoms with E-state index >= 15 is 0 Å². The molecule has 39 heavy (non-hydrogen) atoms. The molecule has 8 nitrogen and oxygen atoms in total. The number of carbonyl (C=O) groups excluding carboxylic acids is 1. The molecule has 1 fully saturated rings. The number of Topliss-reactive ketones (excluding diaryl/α,β-unsaturated/α-hetero) is 1. The van der Waals surface area contributed by atoms with E-state index in [9.17, 15) is 18.3 Å². The average molecular weight is 544 g/mol. The lowest BCUT2D eigenvalue weighted by Crippen LogP contribution is -2.43. The minimum Gasteiger partial charge on any atom is -0.507 e. The molecule has 9 heteroatoms. The molecule has 3 aromatic carbocycles. The van der Waals surface area contributed by atoms with E-state index in [-0.39, 0.29) is 22.2 Å². The number of aromatic hydroxyl groups is 1. The molecular formula is C30H29N3O5S. The number of hydrogen-bond acceptors (Lipinski definition) is 7. The maximum absolute atomic E-state index is 13.6. The van der Waals surface area contributed by atoms with Gasteiger partial charge in [-0.15, -0.1) is 0 Å². The molecule has 3 heterocycles. The molecule has 0 radical (unpaired) electrons. The number of hydrogen-bond donors (Lipinski definition) is 1. The third-order valence-electron chi connectivity index (χ3n) is 7.47. The van der Waals surface area contributed by atoms with Gasteiger partial charge in [-0.2, -0.15) is 0 Å². The van der Waals surface area contributed by atoms with Crippen molar-refractivity contribution in [3.05, 3.63) is 94.9 Å². The number of aryl methyl sites for hydroxylation is 1. The van der Waals surface area contributed by atoms with Crippen molar-refractivity contribution in [3.8, 4) is 11.5 Å². The highest BCUT2D eigenvalue weighted by atomic mass is 32.2. The first-order chi connectivity index (χ1) is 18.7. The lowest BCUT2D eigenvalue weighted by molar-refractivity contribution is 0.101. The number of rotatable bonds is 5. The Bertz CT molecular complexity index is 1730. The van der Waals surface area contributed by atoms with Crippen LogP contribution in [-0.2, 0) is 16.6 Å². The van der Waals surface area contributed by atoms with Crippen molar-refractivity contribution >= 4 is 32.8 Å². The molecule has 0 bridgehead atoms. The van der Waals surface area contributed by atoms with Gasteiger partial charge in [0.15, 0.2) is 5.76 Å². The number of aromatic nitrogens is 1. The Labute approximate surface area is 227 Å².